The quantitative estimate of drug-likeness (QED) is 0.491. The molecule has 1 saturated heterocycles. The highest BCUT2D eigenvalue weighted by atomic mass is 35.5. The minimum Gasteiger partial charge on any atom is -0.378 e. The van der Waals surface area contributed by atoms with E-state index in [4.69, 9.17) is 16.3 Å². The first kappa shape index (κ1) is 20.0. The molecule has 1 aliphatic rings. The molecule has 0 bridgehead atoms. The molecule has 1 aromatic carbocycles. The summed E-state index contributed by atoms with van der Waals surface area (Å²) in [7, 11) is 0. The summed E-state index contributed by atoms with van der Waals surface area (Å²) in [6, 6.07) is 13.1. The third-order valence-corrected chi connectivity index (χ3v) is 6.62. The van der Waals surface area contributed by atoms with E-state index in [0.29, 0.717) is 28.8 Å². The molecule has 4 aromatic rings. The zero-order valence-corrected chi connectivity index (χ0v) is 18.4. The van der Waals surface area contributed by atoms with Gasteiger partial charge in [0.25, 0.3) is 5.91 Å². The van der Waals surface area contributed by atoms with E-state index >= 15 is 0 Å². The number of carbonyl (C=O) groups is 1. The molecule has 4 heterocycles. The number of aryl methyl sites for hydroxylation is 1. The number of fused-ring (bicyclic) bond motifs is 1. The summed E-state index contributed by atoms with van der Waals surface area (Å²) < 4.78 is 7.23. The minimum atomic E-state index is -0.172. The predicted molar refractivity (Wildman–Crippen MR) is 124 cm³/mol. The van der Waals surface area contributed by atoms with Gasteiger partial charge in [0.2, 0.25) is 0 Å². The first-order valence-electron chi connectivity index (χ1n) is 9.95. The van der Waals surface area contributed by atoms with Gasteiger partial charge in [-0.2, -0.15) is 5.10 Å². The molecule has 1 aliphatic heterocycles. The fourth-order valence-corrected chi connectivity index (χ4v) is 4.94. The lowest BCUT2D eigenvalue weighted by Crippen LogP contribution is -2.37. The molecule has 0 unspecified atom stereocenters. The van der Waals surface area contributed by atoms with E-state index in [1.54, 1.807) is 10.9 Å². The minimum absolute atomic E-state index is 0.172. The fourth-order valence-electron chi connectivity index (χ4n) is 3.65. The van der Waals surface area contributed by atoms with Gasteiger partial charge in [-0.1, -0.05) is 23.7 Å². The third-order valence-electron chi connectivity index (χ3n) is 5.19. The summed E-state index contributed by atoms with van der Waals surface area (Å²) in [5, 5.41) is 9.21. The number of nitrogens with one attached hydrogen (secondary N) is 1. The number of ether oxygens (including phenoxy) is 1. The van der Waals surface area contributed by atoms with Crippen molar-refractivity contribution in [1.82, 2.24) is 14.8 Å². The van der Waals surface area contributed by atoms with Crippen LogP contribution in [0.5, 0.6) is 0 Å². The average molecular weight is 454 g/mol. The molecule has 9 heteroatoms. The highest BCUT2D eigenvalue weighted by Crippen LogP contribution is 2.33. The van der Waals surface area contributed by atoms with Gasteiger partial charge in [0.15, 0.2) is 5.82 Å². The lowest BCUT2D eigenvalue weighted by atomic mass is 10.3. The first-order valence-corrected chi connectivity index (χ1v) is 11.1. The Bertz CT molecular complexity index is 1260. The molecule has 1 fully saturated rings. The van der Waals surface area contributed by atoms with E-state index in [9.17, 15) is 4.79 Å². The number of halogens is 1. The number of benzene rings is 1. The lowest BCUT2D eigenvalue weighted by molar-refractivity contribution is 0.103. The van der Waals surface area contributed by atoms with E-state index in [0.717, 1.165) is 40.5 Å². The summed E-state index contributed by atoms with van der Waals surface area (Å²) in [6.07, 6.45) is 1.74. The Hall–Kier alpha value is -2.94. The van der Waals surface area contributed by atoms with E-state index in [1.165, 1.54) is 11.3 Å². The van der Waals surface area contributed by atoms with Crippen LogP contribution in [0, 0.1) is 6.92 Å². The molecule has 7 nitrogen and oxygen atoms in total. The Labute approximate surface area is 188 Å². The summed E-state index contributed by atoms with van der Waals surface area (Å²) in [5.41, 5.74) is 2.33. The molecule has 0 radical (unpaired) electrons. The van der Waals surface area contributed by atoms with Crippen molar-refractivity contribution in [3.05, 3.63) is 64.3 Å². The zero-order valence-electron chi connectivity index (χ0n) is 16.8. The van der Waals surface area contributed by atoms with Crippen LogP contribution < -0.4 is 10.2 Å². The van der Waals surface area contributed by atoms with Crippen LogP contribution in [0.1, 0.15) is 15.4 Å². The second-order valence-corrected chi connectivity index (χ2v) is 8.64. The molecular formula is C22H20ClN5O2S. The van der Waals surface area contributed by atoms with Crippen LogP contribution in [0.15, 0.2) is 48.7 Å². The topological polar surface area (TPSA) is 72.3 Å². The summed E-state index contributed by atoms with van der Waals surface area (Å²) in [5.74, 6) is 0.590. The maximum Gasteiger partial charge on any atom is 0.265 e. The van der Waals surface area contributed by atoms with Gasteiger partial charge in [0.1, 0.15) is 4.83 Å². The summed E-state index contributed by atoms with van der Waals surface area (Å²) in [6.45, 7) is 4.73. The predicted octanol–water partition coefficient (Wildman–Crippen LogP) is 4.53. The third kappa shape index (κ3) is 3.78. The average Bonchev–Trinajstić information content (AvgIpc) is 3.36. The molecule has 0 aliphatic carbocycles. The van der Waals surface area contributed by atoms with Crippen LogP contribution in [0.2, 0.25) is 5.02 Å². The van der Waals surface area contributed by atoms with Crippen molar-refractivity contribution in [2.45, 2.75) is 6.92 Å². The maximum atomic E-state index is 13.1. The highest BCUT2D eigenvalue weighted by molar-refractivity contribution is 7.20. The number of rotatable bonds is 4. The number of carbonyl (C=O) groups excluding carboxylic acids is 1. The monoisotopic (exact) mass is 453 g/mol. The number of hydrogen-bond donors (Lipinski definition) is 1. The summed E-state index contributed by atoms with van der Waals surface area (Å²) in [4.78, 5) is 21.2. The Morgan fingerprint density at radius 1 is 1.19 bits per heavy atom. The molecule has 31 heavy (non-hydrogen) atoms. The Morgan fingerprint density at radius 2 is 2.00 bits per heavy atom. The molecule has 158 valence electrons. The molecule has 1 N–H and O–H groups in total. The Kier molecular flexibility index (Phi) is 5.35. The molecule has 3 aromatic heterocycles. The second-order valence-electron chi connectivity index (χ2n) is 7.21. The molecule has 0 saturated carbocycles. The van der Waals surface area contributed by atoms with Gasteiger partial charge in [-0.25, -0.2) is 9.67 Å². The molecule has 1 amide bonds. The van der Waals surface area contributed by atoms with Crippen LogP contribution >= 0.6 is 22.9 Å². The Morgan fingerprint density at radius 3 is 2.81 bits per heavy atom. The van der Waals surface area contributed by atoms with Gasteiger partial charge in [-0.05, 0) is 37.3 Å². The van der Waals surface area contributed by atoms with Crippen LogP contribution in [0.3, 0.4) is 0 Å². The van der Waals surface area contributed by atoms with E-state index in [1.807, 2.05) is 49.4 Å². The van der Waals surface area contributed by atoms with Gasteiger partial charge in [-0.3, -0.25) is 4.79 Å². The van der Waals surface area contributed by atoms with Crippen molar-refractivity contribution in [2.75, 3.05) is 36.5 Å². The van der Waals surface area contributed by atoms with Crippen LogP contribution in [0.4, 0.5) is 11.5 Å². The lowest BCUT2D eigenvalue weighted by Gasteiger charge is -2.29. The number of nitrogens with zero attached hydrogens (tertiary/aromatic N) is 4. The van der Waals surface area contributed by atoms with Gasteiger partial charge in [0, 0.05) is 24.7 Å². The van der Waals surface area contributed by atoms with E-state index in [-0.39, 0.29) is 5.91 Å². The van der Waals surface area contributed by atoms with Crippen molar-refractivity contribution in [3.63, 3.8) is 0 Å². The van der Waals surface area contributed by atoms with Gasteiger partial charge < -0.3 is 15.0 Å². The Balaban J connectivity index is 1.47. The molecule has 0 atom stereocenters. The van der Waals surface area contributed by atoms with E-state index in [2.05, 4.69) is 20.3 Å². The normalized spacial score (nSPS) is 14.2. The van der Waals surface area contributed by atoms with E-state index < -0.39 is 0 Å². The number of amides is 1. The second kappa shape index (κ2) is 8.30. The maximum absolute atomic E-state index is 13.1. The fraction of sp³-hybridized carbons (Fsp3) is 0.227. The summed E-state index contributed by atoms with van der Waals surface area (Å²) >= 11 is 7.77. The first-order chi connectivity index (χ1) is 15.1. The van der Waals surface area contributed by atoms with Crippen molar-refractivity contribution in [3.8, 4) is 5.69 Å². The van der Waals surface area contributed by atoms with Crippen LogP contribution in [0.25, 0.3) is 15.9 Å². The zero-order chi connectivity index (χ0) is 21.4. The van der Waals surface area contributed by atoms with Crippen molar-refractivity contribution in [1.29, 1.82) is 0 Å². The van der Waals surface area contributed by atoms with Crippen molar-refractivity contribution < 1.29 is 9.53 Å². The van der Waals surface area contributed by atoms with Crippen LogP contribution in [-0.2, 0) is 4.74 Å². The van der Waals surface area contributed by atoms with Gasteiger partial charge >= 0.3 is 0 Å². The van der Waals surface area contributed by atoms with Crippen molar-refractivity contribution in [2.24, 2.45) is 0 Å². The number of anilines is 2. The number of hydrogen-bond acceptors (Lipinski definition) is 6. The molecule has 0 spiro atoms. The van der Waals surface area contributed by atoms with Crippen molar-refractivity contribution >= 4 is 50.6 Å². The van der Waals surface area contributed by atoms with Gasteiger partial charge in [-0.15, -0.1) is 11.3 Å². The highest BCUT2D eigenvalue weighted by Gasteiger charge is 2.21. The SMILES string of the molecule is Cc1nn(-c2ccccc2Cl)c2sc(C(=O)Nc3cccnc3N3CCOCC3)cc12. The largest absolute Gasteiger partial charge is 0.378 e. The number of morpholine rings is 1. The molecule has 5 rings (SSSR count). The number of pyridine rings is 1. The smallest absolute Gasteiger partial charge is 0.265 e. The standard InChI is InChI=1S/C22H20ClN5O2S/c1-14-15-13-19(31-22(15)28(26-14)18-7-3-2-5-16(18)23)21(29)25-17-6-4-8-24-20(17)27-9-11-30-12-10-27/h2-8,13H,9-12H2,1H3,(H,25,29). The number of thiophene rings is 1. The number of para-hydroxylation sites is 1. The van der Waals surface area contributed by atoms with Gasteiger partial charge in [0.05, 0.1) is 40.2 Å². The van der Waals surface area contributed by atoms with Crippen LogP contribution in [-0.4, -0.2) is 47.0 Å². The number of aromatic nitrogens is 3. The molecular weight excluding hydrogens is 434 g/mol.